The summed E-state index contributed by atoms with van der Waals surface area (Å²) in [6, 6.07) is 7.12. The van der Waals surface area contributed by atoms with E-state index in [0.29, 0.717) is 12.1 Å². The first-order valence-electron chi connectivity index (χ1n) is 4.71. The summed E-state index contributed by atoms with van der Waals surface area (Å²) in [6.45, 7) is 2.06. The highest BCUT2D eigenvalue weighted by molar-refractivity contribution is 6.45. The fourth-order valence-electron chi connectivity index (χ4n) is 1.24. The molecule has 0 amide bonds. The van der Waals surface area contributed by atoms with Gasteiger partial charge in [0, 0.05) is 5.56 Å². The Morgan fingerprint density at radius 1 is 1.40 bits per heavy atom. The molecule has 0 fully saturated rings. The number of hydrogen-bond donors (Lipinski definition) is 2. The lowest BCUT2D eigenvalue weighted by atomic mass is 10.0. The monoisotopic (exact) mass is 206 g/mol. The van der Waals surface area contributed by atoms with Crippen molar-refractivity contribution in [3.8, 4) is 0 Å². The molecule has 80 valence electrons. The van der Waals surface area contributed by atoms with E-state index in [1.807, 2.05) is 12.1 Å². The van der Waals surface area contributed by atoms with Gasteiger partial charge in [-0.3, -0.25) is 4.79 Å². The standard InChI is InChI=1S/C11H14N2O2/c1-8(13-15)11(14)10-4-2-9(3-5-10)6-7-12/h2-5,15H,6-7,12H2,1H3. The number of hydrogen-bond acceptors (Lipinski definition) is 4. The average Bonchev–Trinajstić information content (AvgIpc) is 2.28. The molecule has 0 heterocycles. The molecular weight excluding hydrogens is 192 g/mol. The highest BCUT2D eigenvalue weighted by Gasteiger charge is 2.09. The van der Waals surface area contributed by atoms with Gasteiger partial charge < -0.3 is 10.9 Å². The normalized spacial score (nSPS) is 11.5. The Morgan fingerprint density at radius 2 is 2.00 bits per heavy atom. The Bertz CT molecular complexity index is 369. The number of nitrogens with zero attached hydrogens (tertiary/aromatic N) is 1. The van der Waals surface area contributed by atoms with Gasteiger partial charge in [0.25, 0.3) is 0 Å². The second-order valence-electron chi connectivity index (χ2n) is 3.25. The molecular formula is C11H14N2O2. The van der Waals surface area contributed by atoms with Crippen LogP contribution in [-0.2, 0) is 6.42 Å². The first kappa shape index (κ1) is 11.4. The third-order valence-electron chi connectivity index (χ3n) is 2.13. The van der Waals surface area contributed by atoms with Crippen LogP contribution in [0.3, 0.4) is 0 Å². The third kappa shape index (κ3) is 2.89. The molecule has 4 heteroatoms. The van der Waals surface area contributed by atoms with Gasteiger partial charge >= 0.3 is 0 Å². The Balaban J connectivity index is 2.84. The summed E-state index contributed by atoms with van der Waals surface area (Å²) in [5.41, 5.74) is 7.10. The van der Waals surface area contributed by atoms with Crippen molar-refractivity contribution in [3.63, 3.8) is 0 Å². The molecule has 3 N–H and O–H groups in total. The molecule has 0 bridgehead atoms. The van der Waals surface area contributed by atoms with E-state index >= 15 is 0 Å². The van der Waals surface area contributed by atoms with Gasteiger partial charge in [-0.15, -0.1) is 0 Å². The molecule has 0 aliphatic rings. The Kier molecular flexibility index (Phi) is 4.00. The highest BCUT2D eigenvalue weighted by atomic mass is 16.4. The van der Waals surface area contributed by atoms with Crippen LogP contribution in [0.15, 0.2) is 29.4 Å². The molecule has 0 aromatic heterocycles. The van der Waals surface area contributed by atoms with Crippen molar-refractivity contribution in [2.45, 2.75) is 13.3 Å². The number of Topliss-reactive ketones (excluding diaryl/α,β-unsaturated/α-hetero) is 1. The maximum absolute atomic E-state index is 11.5. The number of benzene rings is 1. The quantitative estimate of drug-likeness (QED) is 0.336. The molecule has 15 heavy (non-hydrogen) atoms. The van der Waals surface area contributed by atoms with E-state index in [2.05, 4.69) is 5.16 Å². The second kappa shape index (κ2) is 5.26. The summed E-state index contributed by atoms with van der Waals surface area (Å²) in [6.07, 6.45) is 0.793. The minimum atomic E-state index is -0.267. The predicted molar refractivity (Wildman–Crippen MR) is 58.4 cm³/mol. The molecule has 1 rings (SSSR count). The maximum Gasteiger partial charge on any atom is 0.210 e. The number of rotatable bonds is 4. The van der Waals surface area contributed by atoms with Crippen molar-refractivity contribution in [2.75, 3.05) is 6.54 Å². The zero-order valence-electron chi connectivity index (χ0n) is 8.60. The van der Waals surface area contributed by atoms with Crippen LogP contribution >= 0.6 is 0 Å². The summed E-state index contributed by atoms with van der Waals surface area (Å²) in [7, 11) is 0. The predicted octanol–water partition coefficient (Wildman–Crippen LogP) is 1.22. The van der Waals surface area contributed by atoms with Gasteiger partial charge in [0.2, 0.25) is 5.78 Å². The van der Waals surface area contributed by atoms with Crippen molar-refractivity contribution >= 4 is 11.5 Å². The van der Waals surface area contributed by atoms with E-state index in [0.717, 1.165) is 12.0 Å². The molecule has 0 aliphatic carbocycles. The molecule has 0 spiro atoms. The molecule has 1 aromatic carbocycles. The van der Waals surface area contributed by atoms with Crippen LogP contribution in [-0.4, -0.2) is 23.2 Å². The van der Waals surface area contributed by atoms with E-state index in [1.54, 1.807) is 12.1 Å². The zero-order valence-corrected chi connectivity index (χ0v) is 8.60. The van der Waals surface area contributed by atoms with E-state index in [1.165, 1.54) is 6.92 Å². The van der Waals surface area contributed by atoms with E-state index in [9.17, 15) is 4.79 Å². The van der Waals surface area contributed by atoms with Crippen LogP contribution in [0.5, 0.6) is 0 Å². The minimum absolute atomic E-state index is 0.0848. The van der Waals surface area contributed by atoms with Crippen molar-refractivity contribution in [1.29, 1.82) is 0 Å². The van der Waals surface area contributed by atoms with Crippen LogP contribution in [0.25, 0.3) is 0 Å². The lowest BCUT2D eigenvalue weighted by molar-refractivity contribution is 0.106. The molecule has 4 nitrogen and oxygen atoms in total. The molecule has 0 saturated carbocycles. The van der Waals surface area contributed by atoms with Crippen LogP contribution in [0.4, 0.5) is 0 Å². The zero-order chi connectivity index (χ0) is 11.3. The number of nitrogens with two attached hydrogens (primary N) is 1. The van der Waals surface area contributed by atoms with E-state index in [4.69, 9.17) is 10.9 Å². The minimum Gasteiger partial charge on any atom is -0.411 e. The lowest BCUT2D eigenvalue weighted by Crippen LogP contribution is -2.10. The molecule has 0 atom stereocenters. The van der Waals surface area contributed by atoms with Gasteiger partial charge in [0.05, 0.1) is 0 Å². The Hall–Kier alpha value is -1.68. The fraction of sp³-hybridized carbons (Fsp3) is 0.273. The lowest BCUT2D eigenvalue weighted by Gasteiger charge is -2.01. The fourth-order valence-corrected chi connectivity index (χ4v) is 1.24. The Morgan fingerprint density at radius 3 is 2.47 bits per heavy atom. The third-order valence-corrected chi connectivity index (χ3v) is 2.13. The van der Waals surface area contributed by atoms with Gasteiger partial charge in [0.1, 0.15) is 5.71 Å². The van der Waals surface area contributed by atoms with Crippen LogP contribution in [0, 0.1) is 0 Å². The first-order chi connectivity index (χ1) is 7.19. The largest absolute Gasteiger partial charge is 0.411 e. The van der Waals surface area contributed by atoms with Crippen LogP contribution in [0.2, 0.25) is 0 Å². The van der Waals surface area contributed by atoms with Gasteiger partial charge in [-0.2, -0.15) is 0 Å². The van der Waals surface area contributed by atoms with E-state index in [-0.39, 0.29) is 11.5 Å². The van der Waals surface area contributed by atoms with Crippen molar-refractivity contribution in [3.05, 3.63) is 35.4 Å². The topological polar surface area (TPSA) is 75.7 Å². The average molecular weight is 206 g/mol. The highest BCUT2D eigenvalue weighted by Crippen LogP contribution is 2.06. The van der Waals surface area contributed by atoms with Crippen LogP contribution in [0.1, 0.15) is 22.8 Å². The van der Waals surface area contributed by atoms with Gasteiger partial charge in [-0.05, 0) is 25.5 Å². The summed E-state index contributed by atoms with van der Waals surface area (Å²) in [5.74, 6) is -0.267. The van der Waals surface area contributed by atoms with Gasteiger partial charge in [-0.1, -0.05) is 29.4 Å². The molecule has 0 aliphatic heterocycles. The van der Waals surface area contributed by atoms with Crippen molar-refractivity contribution in [2.24, 2.45) is 10.9 Å². The first-order valence-corrected chi connectivity index (χ1v) is 4.71. The number of carbonyl (C=O) groups is 1. The van der Waals surface area contributed by atoms with Crippen molar-refractivity contribution in [1.82, 2.24) is 0 Å². The number of oxime groups is 1. The van der Waals surface area contributed by atoms with Crippen molar-refractivity contribution < 1.29 is 10.0 Å². The number of ketones is 1. The molecule has 1 aromatic rings. The second-order valence-corrected chi connectivity index (χ2v) is 3.25. The summed E-state index contributed by atoms with van der Waals surface area (Å²) >= 11 is 0. The Labute approximate surface area is 88.4 Å². The van der Waals surface area contributed by atoms with Gasteiger partial charge in [0.15, 0.2) is 0 Å². The molecule has 0 unspecified atom stereocenters. The number of carbonyl (C=O) groups excluding carboxylic acids is 1. The summed E-state index contributed by atoms with van der Waals surface area (Å²) in [5, 5.41) is 11.3. The smallest absolute Gasteiger partial charge is 0.210 e. The SMILES string of the molecule is CC(=NO)C(=O)c1ccc(CCN)cc1. The molecule has 0 radical (unpaired) electrons. The maximum atomic E-state index is 11.5. The molecule has 0 saturated heterocycles. The van der Waals surface area contributed by atoms with E-state index < -0.39 is 0 Å². The van der Waals surface area contributed by atoms with Gasteiger partial charge in [-0.25, -0.2) is 0 Å². The summed E-state index contributed by atoms with van der Waals surface area (Å²) < 4.78 is 0. The van der Waals surface area contributed by atoms with Crippen LogP contribution < -0.4 is 5.73 Å². The summed E-state index contributed by atoms with van der Waals surface area (Å²) in [4.78, 5) is 11.5.